The fourth-order valence-electron chi connectivity index (χ4n) is 2.21. The van der Waals surface area contributed by atoms with Crippen molar-refractivity contribution in [3.8, 4) is 0 Å². The van der Waals surface area contributed by atoms with Gasteiger partial charge < -0.3 is 10.3 Å². The van der Waals surface area contributed by atoms with Crippen molar-refractivity contribution in [2.75, 3.05) is 0 Å². The fraction of sp³-hybridized carbons (Fsp3) is 0.467. The van der Waals surface area contributed by atoms with Crippen LogP contribution >= 0.6 is 0 Å². The Kier molecular flexibility index (Phi) is 5.10. The molecule has 1 unspecified atom stereocenters. The van der Waals surface area contributed by atoms with Gasteiger partial charge in [0, 0.05) is 43.8 Å². The largest absolute Gasteiger partial charge is 0.335 e. The summed E-state index contributed by atoms with van der Waals surface area (Å²) in [5.41, 5.74) is 7.45. The highest BCUT2D eigenvalue weighted by Crippen LogP contribution is 2.07. The number of aromatic nitrogens is 3. The van der Waals surface area contributed by atoms with Crippen molar-refractivity contribution < 1.29 is 0 Å². The van der Waals surface area contributed by atoms with Crippen molar-refractivity contribution in [3.05, 3.63) is 48.3 Å². The lowest BCUT2D eigenvalue weighted by atomic mass is 10.0. The third-order valence-electron chi connectivity index (χ3n) is 3.24. The van der Waals surface area contributed by atoms with Crippen molar-refractivity contribution in [3.63, 3.8) is 0 Å². The minimum absolute atomic E-state index is 0.151. The number of aryl methyl sites for hydroxylation is 2. The number of imidazole rings is 1. The van der Waals surface area contributed by atoms with Crippen molar-refractivity contribution in [2.45, 2.75) is 45.2 Å². The summed E-state index contributed by atoms with van der Waals surface area (Å²) in [6.45, 7) is 3.19. The van der Waals surface area contributed by atoms with E-state index in [0.29, 0.717) is 0 Å². The molecule has 0 aliphatic rings. The molecule has 4 nitrogen and oxygen atoms in total. The zero-order chi connectivity index (χ0) is 13.5. The second kappa shape index (κ2) is 7.04. The Morgan fingerprint density at radius 3 is 3.00 bits per heavy atom. The molecule has 0 spiro atoms. The second-order valence-corrected chi connectivity index (χ2v) is 4.90. The fourth-order valence-corrected chi connectivity index (χ4v) is 2.21. The zero-order valence-electron chi connectivity index (χ0n) is 11.5. The van der Waals surface area contributed by atoms with Crippen LogP contribution in [-0.2, 0) is 19.4 Å². The molecule has 0 amide bonds. The number of hydrogen-bond donors (Lipinski definition) is 1. The minimum atomic E-state index is 0.151. The van der Waals surface area contributed by atoms with Gasteiger partial charge in [0.1, 0.15) is 5.82 Å². The Morgan fingerprint density at radius 2 is 2.26 bits per heavy atom. The lowest BCUT2D eigenvalue weighted by Crippen LogP contribution is -2.25. The molecule has 0 saturated carbocycles. The molecule has 2 aromatic rings. The number of pyridine rings is 1. The predicted molar refractivity (Wildman–Crippen MR) is 76.8 cm³/mol. The molecule has 0 aromatic carbocycles. The van der Waals surface area contributed by atoms with Gasteiger partial charge in [0.05, 0.1) is 0 Å². The lowest BCUT2D eigenvalue weighted by molar-refractivity contribution is 0.557. The Labute approximate surface area is 114 Å². The van der Waals surface area contributed by atoms with Crippen molar-refractivity contribution in [2.24, 2.45) is 5.73 Å². The minimum Gasteiger partial charge on any atom is -0.335 e. The van der Waals surface area contributed by atoms with Crippen molar-refractivity contribution in [1.29, 1.82) is 0 Å². The average Bonchev–Trinajstić information content (AvgIpc) is 2.85. The highest BCUT2D eigenvalue weighted by molar-refractivity contribution is 5.08. The lowest BCUT2D eigenvalue weighted by Gasteiger charge is -2.12. The van der Waals surface area contributed by atoms with E-state index in [2.05, 4.69) is 27.5 Å². The topological polar surface area (TPSA) is 56.7 Å². The van der Waals surface area contributed by atoms with E-state index in [1.807, 2.05) is 24.7 Å². The van der Waals surface area contributed by atoms with Crippen LogP contribution in [0.15, 0.2) is 36.9 Å². The number of nitrogens with zero attached hydrogens (tertiary/aromatic N) is 3. The average molecular weight is 258 g/mol. The molecule has 0 fully saturated rings. The van der Waals surface area contributed by atoms with Gasteiger partial charge in [-0.05, 0) is 30.9 Å². The number of rotatable bonds is 7. The van der Waals surface area contributed by atoms with Gasteiger partial charge in [0.15, 0.2) is 0 Å². The smallest absolute Gasteiger partial charge is 0.110 e. The molecule has 0 saturated heterocycles. The molecule has 1 atom stereocenters. The van der Waals surface area contributed by atoms with E-state index in [1.165, 1.54) is 5.56 Å². The van der Waals surface area contributed by atoms with E-state index in [4.69, 9.17) is 5.73 Å². The van der Waals surface area contributed by atoms with Crippen molar-refractivity contribution >= 4 is 0 Å². The summed E-state index contributed by atoms with van der Waals surface area (Å²) in [7, 11) is 0. The second-order valence-electron chi connectivity index (χ2n) is 4.90. The Bertz CT molecular complexity index is 478. The van der Waals surface area contributed by atoms with E-state index in [9.17, 15) is 0 Å². The molecule has 0 bridgehead atoms. The molecule has 0 aliphatic heterocycles. The predicted octanol–water partition coefficient (Wildman–Crippen LogP) is 2.19. The summed E-state index contributed by atoms with van der Waals surface area (Å²) in [6, 6.07) is 4.21. The van der Waals surface area contributed by atoms with Crippen LogP contribution in [0.5, 0.6) is 0 Å². The first-order valence-electron chi connectivity index (χ1n) is 6.94. The molecule has 4 heteroatoms. The maximum absolute atomic E-state index is 6.20. The van der Waals surface area contributed by atoms with Crippen LogP contribution in [0.3, 0.4) is 0 Å². The molecule has 2 aromatic heterocycles. The zero-order valence-corrected chi connectivity index (χ0v) is 11.5. The van der Waals surface area contributed by atoms with Gasteiger partial charge in [-0.2, -0.15) is 0 Å². The quantitative estimate of drug-likeness (QED) is 0.828. The summed E-state index contributed by atoms with van der Waals surface area (Å²) in [5, 5.41) is 0. The van der Waals surface area contributed by atoms with E-state index < -0.39 is 0 Å². The number of nitrogens with two attached hydrogens (primary N) is 1. The maximum Gasteiger partial charge on any atom is 0.110 e. The molecule has 2 heterocycles. The summed E-state index contributed by atoms with van der Waals surface area (Å²) < 4.78 is 2.20. The van der Waals surface area contributed by atoms with E-state index in [0.717, 1.165) is 38.1 Å². The van der Waals surface area contributed by atoms with Gasteiger partial charge in [-0.25, -0.2) is 4.98 Å². The monoisotopic (exact) mass is 258 g/mol. The first-order chi connectivity index (χ1) is 9.29. The molecule has 2 N–H and O–H groups in total. The molecule has 19 heavy (non-hydrogen) atoms. The number of hydrogen-bond acceptors (Lipinski definition) is 3. The van der Waals surface area contributed by atoms with E-state index in [1.54, 1.807) is 6.20 Å². The first-order valence-corrected chi connectivity index (χ1v) is 6.94. The Balaban J connectivity index is 1.84. The van der Waals surface area contributed by atoms with Gasteiger partial charge in [-0.1, -0.05) is 13.0 Å². The van der Waals surface area contributed by atoms with Crippen LogP contribution in [0, 0.1) is 0 Å². The van der Waals surface area contributed by atoms with Crippen LogP contribution < -0.4 is 5.73 Å². The van der Waals surface area contributed by atoms with Gasteiger partial charge in [0.2, 0.25) is 0 Å². The van der Waals surface area contributed by atoms with Crippen LogP contribution in [0.2, 0.25) is 0 Å². The molecular formula is C15H22N4. The molecule has 102 valence electrons. The van der Waals surface area contributed by atoms with Crippen LogP contribution in [-0.4, -0.2) is 20.6 Å². The van der Waals surface area contributed by atoms with Gasteiger partial charge >= 0.3 is 0 Å². The first kappa shape index (κ1) is 13.7. The summed E-state index contributed by atoms with van der Waals surface area (Å²) in [4.78, 5) is 8.52. The third-order valence-corrected chi connectivity index (χ3v) is 3.24. The van der Waals surface area contributed by atoms with E-state index in [-0.39, 0.29) is 6.04 Å². The Morgan fingerprint density at radius 1 is 1.37 bits per heavy atom. The van der Waals surface area contributed by atoms with Gasteiger partial charge in [-0.15, -0.1) is 0 Å². The highest BCUT2D eigenvalue weighted by Gasteiger charge is 2.09. The standard InChI is InChI=1S/C15H22N4/c1-2-9-19-10-8-18-15(19)11-14(16)6-5-13-4-3-7-17-12-13/h3-4,7-8,10,12,14H,2,5-6,9,11,16H2,1H3. The third kappa shape index (κ3) is 4.17. The van der Waals surface area contributed by atoms with Gasteiger partial charge in [0.25, 0.3) is 0 Å². The van der Waals surface area contributed by atoms with Crippen LogP contribution in [0.4, 0.5) is 0 Å². The van der Waals surface area contributed by atoms with Crippen molar-refractivity contribution in [1.82, 2.24) is 14.5 Å². The maximum atomic E-state index is 6.20. The summed E-state index contributed by atoms with van der Waals surface area (Å²) in [5.74, 6) is 1.10. The molecule has 2 rings (SSSR count). The Hall–Kier alpha value is -1.68. The molecule has 0 aliphatic carbocycles. The normalized spacial score (nSPS) is 12.5. The summed E-state index contributed by atoms with van der Waals surface area (Å²) in [6.07, 6.45) is 11.5. The molecular weight excluding hydrogens is 236 g/mol. The highest BCUT2D eigenvalue weighted by atomic mass is 15.1. The van der Waals surface area contributed by atoms with E-state index >= 15 is 0 Å². The van der Waals surface area contributed by atoms with Crippen LogP contribution in [0.25, 0.3) is 0 Å². The van der Waals surface area contributed by atoms with Gasteiger partial charge in [-0.3, -0.25) is 4.98 Å². The molecule has 0 radical (unpaired) electrons. The summed E-state index contributed by atoms with van der Waals surface area (Å²) >= 11 is 0. The SMILES string of the molecule is CCCn1ccnc1CC(N)CCc1cccnc1. The van der Waals surface area contributed by atoms with Crippen LogP contribution in [0.1, 0.15) is 31.2 Å².